The minimum absolute atomic E-state index is 0.0136. The number of benzene rings is 1. The number of hydrogen-bond acceptors (Lipinski definition) is 6. The highest BCUT2D eigenvalue weighted by Gasteiger charge is 2.31. The van der Waals surface area contributed by atoms with Crippen LogP contribution in [0.5, 0.6) is 0 Å². The molecule has 1 aromatic carbocycles. The van der Waals surface area contributed by atoms with Crippen LogP contribution < -0.4 is 0 Å². The van der Waals surface area contributed by atoms with E-state index in [9.17, 15) is 4.79 Å². The Morgan fingerprint density at radius 1 is 1.21 bits per heavy atom. The fraction of sp³-hybridized carbons (Fsp3) is 0.591. The lowest BCUT2D eigenvalue weighted by atomic mass is 9.90. The fourth-order valence-electron chi connectivity index (χ4n) is 3.07. The van der Waals surface area contributed by atoms with Gasteiger partial charge < -0.3 is 29.0 Å². The van der Waals surface area contributed by atoms with E-state index in [1.807, 2.05) is 30.3 Å². The van der Waals surface area contributed by atoms with E-state index in [1.165, 1.54) is 19.1 Å². The third-order valence-corrected chi connectivity index (χ3v) is 5.09. The highest BCUT2D eigenvalue weighted by molar-refractivity contribution is 5.91. The van der Waals surface area contributed by atoms with E-state index in [0.29, 0.717) is 31.2 Å². The molecule has 2 rings (SSSR count). The van der Waals surface area contributed by atoms with Crippen LogP contribution in [0.4, 0.5) is 0 Å². The molecule has 0 spiro atoms. The molecule has 0 aliphatic carbocycles. The Hall–Kier alpha value is -1.93. The summed E-state index contributed by atoms with van der Waals surface area (Å²) in [5, 5.41) is 9.15. The SMILES string of the molecule is COC(CN(C)C(=O)C1=C[C@H](C(C)C)C[C@H](OCc2ccc(CO)cc2)O1)OC. The number of amides is 1. The first-order valence-electron chi connectivity index (χ1n) is 9.87. The van der Waals surface area contributed by atoms with Gasteiger partial charge in [0.25, 0.3) is 5.91 Å². The Morgan fingerprint density at radius 2 is 1.83 bits per heavy atom. The minimum Gasteiger partial charge on any atom is -0.459 e. The summed E-state index contributed by atoms with van der Waals surface area (Å²) in [6.45, 7) is 4.92. The standard InChI is InChI=1S/C22H33NO6/c1-15(2)18-10-19(22(25)23(3)12-21(26-4)27-5)29-20(11-18)28-14-17-8-6-16(13-24)7-9-17/h6-10,15,18,20-21,24H,11-14H2,1-5H3/t18-,20+/m0/s1. The maximum Gasteiger partial charge on any atom is 0.288 e. The van der Waals surface area contributed by atoms with Gasteiger partial charge >= 0.3 is 0 Å². The van der Waals surface area contributed by atoms with Gasteiger partial charge in [0.15, 0.2) is 12.0 Å². The van der Waals surface area contributed by atoms with E-state index in [-0.39, 0.29) is 18.4 Å². The summed E-state index contributed by atoms with van der Waals surface area (Å²) >= 11 is 0. The van der Waals surface area contributed by atoms with Crippen molar-refractivity contribution in [2.24, 2.45) is 11.8 Å². The topological polar surface area (TPSA) is 77.5 Å². The predicted molar refractivity (Wildman–Crippen MR) is 108 cm³/mol. The number of ether oxygens (including phenoxy) is 4. The quantitative estimate of drug-likeness (QED) is 0.601. The van der Waals surface area contributed by atoms with Gasteiger partial charge in [-0.3, -0.25) is 4.79 Å². The van der Waals surface area contributed by atoms with Crippen molar-refractivity contribution in [1.29, 1.82) is 0 Å². The van der Waals surface area contributed by atoms with Gasteiger partial charge in [-0.15, -0.1) is 0 Å². The van der Waals surface area contributed by atoms with Gasteiger partial charge in [0.2, 0.25) is 6.29 Å². The number of aliphatic hydroxyl groups excluding tert-OH is 1. The Bertz CT molecular complexity index is 668. The first-order chi connectivity index (χ1) is 13.9. The van der Waals surface area contributed by atoms with E-state index in [0.717, 1.165) is 11.1 Å². The number of rotatable bonds is 10. The zero-order valence-corrected chi connectivity index (χ0v) is 18.0. The predicted octanol–water partition coefficient (Wildman–Crippen LogP) is 2.68. The Labute approximate surface area is 173 Å². The van der Waals surface area contributed by atoms with Crippen LogP contribution >= 0.6 is 0 Å². The molecule has 7 nitrogen and oxygen atoms in total. The van der Waals surface area contributed by atoms with Crippen molar-refractivity contribution in [3.8, 4) is 0 Å². The molecule has 1 amide bonds. The highest BCUT2D eigenvalue weighted by atomic mass is 16.7. The van der Waals surface area contributed by atoms with Crippen LogP contribution in [0.3, 0.4) is 0 Å². The Balaban J connectivity index is 2.02. The van der Waals surface area contributed by atoms with Gasteiger partial charge in [-0.1, -0.05) is 38.1 Å². The molecule has 0 radical (unpaired) electrons. The molecule has 0 bridgehead atoms. The van der Waals surface area contributed by atoms with E-state index in [1.54, 1.807) is 7.05 Å². The second-order valence-electron chi connectivity index (χ2n) is 7.59. The third kappa shape index (κ3) is 6.82. The van der Waals surface area contributed by atoms with Crippen LogP contribution in [0.2, 0.25) is 0 Å². The average Bonchev–Trinajstić information content (AvgIpc) is 2.75. The van der Waals surface area contributed by atoms with Crippen LogP contribution in [0.1, 0.15) is 31.4 Å². The van der Waals surface area contributed by atoms with Gasteiger partial charge in [-0.25, -0.2) is 0 Å². The van der Waals surface area contributed by atoms with E-state index in [2.05, 4.69) is 13.8 Å². The highest BCUT2D eigenvalue weighted by Crippen LogP contribution is 2.30. The fourth-order valence-corrected chi connectivity index (χ4v) is 3.07. The van der Waals surface area contributed by atoms with Gasteiger partial charge in [-0.2, -0.15) is 0 Å². The molecule has 1 aromatic rings. The lowest BCUT2D eigenvalue weighted by molar-refractivity contribution is -0.163. The lowest BCUT2D eigenvalue weighted by Gasteiger charge is -2.32. The molecule has 162 valence electrons. The zero-order chi connectivity index (χ0) is 21.4. The number of aliphatic hydroxyl groups is 1. The number of hydrogen-bond donors (Lipinski definition) is 1. The van der Waals surface area contributed by atoms with Crippen LogP contribution in [-0.2, 0) is 37.0 Å². The van der Waals surface area contributed by atoms with Crippen LogP contribution in [0.25, 0.3) is 0 Å². The summed E-state index contributed by atoms with van der Waals surface area (Å²) in [6.07, 6.45) is 1.58. The van der Waals surface area contributed by atoms with Crippen molar-refractivity contribution in [3.63, 3.8) is 0 Å². The number of methoxy groups -OCH3 is 2. The number of nitrogens with zero attached hydrogens (tertiary/aromatic N) is 1. The first kappa shape index (κ1) is 23.3. The summed E-state index contributed by atoms with van der Waals surface area (Å²) in [5.74, 6) is 0.602. The minimum atomic E-state index is -0.502. The molecule has 1 aliphatic heterocycles. The smallest absolute Gasteiger partial charge is 0.288 e. The van der Waals surface area contributed by atoms with Gasteiger partial charge in [-0.05, 0) is 29.0 Å². The van der Waals surface area contributed by atoms with E-state index >= 15 is 0 Å². The molecule has 29 heavy (non-hydrogen) atoms. The summed E-state index contributed by atoms with van der Waals surface area (Å²) in [7, 11) is 4.76. The molecule has 2 atom stereocenters. The Morgan fingerprint density at radius 3 is 2.38 bits per heavy atom. The van der Waals surface area contributed by atoms with Gasteiger partial charge in [0.1, 0.15) is 0 Å². The number of carbonyl (C=O) groups excluding carboxylic acids is 1. The summed E-state index contributed by atoms with van der Waals surface area (Å²) in [6, 6.07) is 7.56. The molecule has 1 heterocycles. The number of carbonyl (C=O) groups is 1. The molecule has 0 aromatic heterocycles. The summed E-state index contributed by atoms with van der Waals surface area (Å²) in [4.78, 5) is 14.4. The van der Waals surface area contributed by atoms with Crippen molar-refractivity contribution < 1.29 is 28.8 Å². The second kappa shape index (κ2) is 11.3. The zero-order valence-electron chi connectivity index (χ0n) is 18.0. The van der Waals surface area contributed by atoms with Crippen molar-refractivity contribution in [2.75, 3.05) is 27.8 Å². The molecule has 1 N–H and O–H groups in total. The normalized spacial score (nSPS) is 19.2. The number of likely N-dealkylation sites (N-methyl/N-ethyl adjacent to an activating group) is 1. The van der Waals surface area contributed by atoms with Gasteiger partial charge in [0, 0.05) is 27.7 Å². The van der Waals surface area contributed by atoms with E-state index < -0.39 is 12.6 Å². The largest absolute Gasteiger partial charge is 0.459 e. The molecule has 0 saturated heterocycles. The molecule has 0 fully saturated rings. The first-order valence-corrected chi connectivity index (χ1v) is 9.87. The summed E-state index contributed by atoms with van der Waals surface area (Å²) < 4.78 is 22.2. The van der Waals surface area contributed by atoms with Crippen LogP contribution in [0, 0.1) is 11.8 Å². The molecule has 0 saturated carbocycles. The van der Waals surface area contributed by atoms with Crippen LogP contribution in [-0.4, -0.2) is 56.3 Å². The van der Waals surface area contributed by atoms with Crippen molar-refractivity contribution in [1.82, 2.24) is 4.90 Å². The molecular formula is C22H33NO6. The maximum absolute atomic E-state index is 12.9. The molecule has 1 aliphatic rings. The van der Waals surface area contributed by atoms with E-state index in [4.69, 9.17) is 24.1 Å². The second-order valence-corrected chi connectivity index (χ2v) is 7.59. The average molecular weight is 408 g/mol. The molecular weight excluding hydrogens is 374 g/mol. The van der Waals surface area contributed by atoms with Gasteiger partial charge in [0.05, 0.1) is 19.8 Å². The van der Waals surface area contributed by atoms with Crippen molar-refractivity contribution in [2.45, 2.75) is 46.1 Å². The summed E-state index contributed by atoms with van der Waals surface area (Å²) in [5.41, 5.74) is 1.83. The van der Waals surface area contributed by atoms with Crippen molar-refractivity contribution >= 4 is 5.91 Å². The Kier molecular flexibility index (Phi) is 9.10. The monoisotopic (exact) mass is 407 g/mol. The maximum atomic E-state index is 12.9. The van der Waals surface area contributed by atoms with Crippen molar-refractivity contribution in [3.05, 3.63) is 47.2 Å². The molecule has 0 unspecified atom stereocenters. The third-order valence-electron chi connectivity index (χ3n) is 5.09. The van der Waals surface area contributed by atoms with Crippen LogP contribution in [0.15, 0.2) is 36.1 Å². The molecule has 7 heteroatoms. The number of allylic oxidation sites excluding steroid dienone is 1. The lowest BCUT2D eigenvalue weighted by Crippen LogP contribution is -2.39.